The number of nitro groups is 1. The molecule has 4 atom stereocenters. The third-order valence-electron chi connectivity index (χ3n) is 6.77. The summed E-state index contributed by atoms with van der Waals surface area (Å²) in [5.74, 6) is -8.05. The van der Waals surface area contributed by atoms with Crippen molar-refractivity contribution in [2.45, 2.75) is 24.5 Å². The molecule has 0 aromatic heterocycles. The number of hydrogen-bond acceptors (Lipinski definition) is 12. The van der Waals surface area contributed by atoms with Crippen molar-refractivity contribution in [3.63, 3.8) is 0 Å². The third kappa shape index (κ3) is 4.50. The van der Waals surface area contributed by atoms with Gasteiger partial charge in [0, 0.05) is 17.6 Å². The molecule has 0 saturated heterocycles. The molecular weight excluding hydrogens is 534 g/mol. The number of likely N-dealkylation sites (N-methyl/N-ethyl adjacent to an activating group) is 1. The average Bonchev–Trinajstić information content (AvgIpc) is 2.74. The zero-order chi connectivity index (χ0) is 29.1. The molecule has 0 bridgehead atoms. The van der Waals surface area contributed by atoms with E-state index in [4.69, 9.17) is 23.3 Å². The number of Topliss-reactive ketones (excluding diaryl/α,β-unsaturated/α-hetero) is 2. The zero-order valence-electron chi connectivity index (χ0n) is 19.7. The summed E-state index contributed by atoms with van der Waals surface area (Å²) in [6.45, 7) is 0. The van der Waals surface area contributed by atoms with Gasteiger partial charge in [-0.05, 0) is 38.4 Å². The number of nitro benzene ring substituents is 1. The number of aliphatic hydroxyl groups excluding tert-OH is 2. The fraction of sp³-hybridized carbons (Fsp3) is 0.381. The van der Waals surface area contributed by atoms with Crippen molar-refractivity contribution >= 4 is 39.3 Å². The van der Waals surface area contributed by atoms with E-state index in [1.165, 1.54) is 25.1 Å². The first-order valence-electron chi connectivity index (χ1n) is 10.7. The second-order valence-electron chi connectivity index (χ2n) is 9.13. The number of benzene rings is 1. The van der Waals surface area contributed by atoms with Gasteiger partial charge in [-0.1, -0.05) is 6.07 Å². The number of nitrogens with zero attached hydrogens (tertiary/aromatic N) is 2. The van der Waals surface area contributed by atoms with E-state index in [2.05, 4.69) is 0 Å². The van der Waals surface area contributed by atoms with Crippen LogP contribution in [0.1, 0.15) is 17.5 Å². The number of hydrogen-bond donors (Lipinski definition) is 7. The molecule has 1 fully saturated rings. The van der Waals surface area contributed by atoms with E-state index >= 15 is 0 Å². The van der Waals surface area contributed by atoms with E-state index in [-0.39, 0.29) is 24.0 Å². The Morgan fingerprint density at radius 1 is 1.18 bits per heavy atom. The summed E-state index contributed by atoms with van der Waals surface area (Å²) in [4.78, 5) is 50.2. The summed E-state index contributed by atoms with van der Waals surface area (Å²) in [7, 11) is -1.66. The Hall–Kier alpha value is -3.90. The van der Waals surface area contributed by atoms with Gasteiger partial charge in [-0.15, -0.1) is 0 Å². The molecule has 1 aromatic carbocycles. The molecule has 1 aromatic rings. The van der Waals surface area contributed by atoms with Crippen LogP contribution in [0.15, 0.2) is 29.0 Å². The number of ketones is 2. The summed E-state index contributed by atoms with van der Waals surface area (Å²) in [6, 6.07) is 1.25. The van der Waals surface area contributed by atoms with Crippen LogP contribution in [0.3, 0.4) is 0 Å². The standard InChI is InChI=1S/C21H21N3O9.H2O4S/c1-23(2)14-9-6-8-5-7-3-4-10(24(32)33)15(25)11(7)16(26)12(8)18(28)21(9,31)19(29)13(17(14)27)20(22)30;1-5(2,3)4/h3-4,8-9,14,25-26,29,31H,5-6H2,1-2H3,(H2,22,30);(H2,1,2,3,4)/t8-,9-,14-,21-;/m0./s1. The van der Waals surface area contributed by atoms with Crippen LogP contribution in [0, 0.1) is 22.0 Å². The Bertz CT molecular complexity index is 1440. The van der Waals surface area contributed by atoms with Gasteiger partial charge in [0.2, 0.25) is 11.5 Å². The Kier molecular flexibility index (Phi) is 7.12. The molecule has 3 aliphatic rings. The SMILES string of the molecule is CN(C)[C@@H]1C(=O)C(C(N)=O)=C(O)[C@@]2(O)C(=O)C3=C(O)c4c(ccc([N+](=O)[O-])c4O)C[C@H]3C[C@@H]12.O=S(=O)(O)O. The predicted octanol–water partition coefficient (Wildman–Crippen LogP) is -0.781. The van der Waals surface area contributed by atoms with Crippen molar-refractivity contribution < 1.29 is 57.3 Å². The minimum absolute atomic E-state index is 0.0521. The zero-order valence-corrected chi connectivity index (χ0v) is 20.5. The molecule has 0 radical (unpaired) electrons. The molecule has 16 nitrogen and oxygen atoms in total. The Labute approximate surface area is 214 Å². The van der Waals surface area contributed by atoms with Crippen molar-refractivity contribution in [3.8, 4) is 5.75 Å². The second kappa shape index (κ2) is 9.44. The molecule has 206 valence electrons. The van der Waals surface area contributed by atoms with Gasteiger partial charge in [-0.25, -0.2) is 0 Å². The number of carbonyl (C=O) groups is 3. The molecule has 1 saturated carbocycles. The first-order chi connectivity index (χ1) is 17.3. The highest BCUT2D eigenvalue weighted by atomic mass is 32.3. The normalized spacial score (nSPS) is 26.7. The number of nitrogens with two attached hydrogens (primary N) is 1. The molecule has 0 unspecified atom stereocenters. The van der Waals surface area contributed by atoms with Crippen molar-refractivity contribution in [3.05, 3.63) is 50.3 Å². The predicted molar refractivity (Wildman–Crippen MR) is 125 cm³/mol. The number of carbonyl (C=O) groups excluding carboxylic acids is 3. The maximum absolute atomic E-state index is 13.6. The number of phenols is 1. The van der Waals surface area contributed by atoms with Crippen molar-refractivity contribution in [1.82, 2.24) is 4.90 Å². The topological polar surface area (TPSA) is 279 Å². The summed E-state index contributed by atoms with van der Waals surface area (Å²) in [5.41, 5.74) is 0.559. The Morgan fingerprint density at radius 3 is 2.21 bits per heavy atom. The Balaban J connectivity index is 0.000000732. The van der Waals surface area contributed by atoms with E-state index < -0.39 is 84.8 Å². The third-order valence-corrected chi connectivity index (χ3v) is 6.77. The number of fused-ring (bicyclic) bond motifs is 3. The second-order valence-corrected chi connectivity index (χ2v) is 10.0. The first-order valence-corrected chi connectivity index (χ1v) is 12.1. The van der Waals surface area contributed by atoms with Gasteiger partial charge in [0.1, 0.15) is 17.1 Å². The number of primary amides is 1. The van der Waals surface area contributed by atoms with E-state index in [9.17, 15) is 44.9 Å². The molecule has 17 heteroatoms. The van der Waals surface area contributed by atoms with Crippen molar-refractivity contribution in [2.24, 2.45) is 17.6 Å². The van der Waals surface area contributed by atoms with Gasteiger partial charge in [-0.2, -0.15) is 8.42 Å². The average molecular weight is 557 g/mol. The highest BCUT2D eigenvalue weighted by Crippen LogP contribution is 2.53. The smallest absolute Gasteiger partial charge is 0.394 e. The lowest BCUT2D eigenvalue weighted by molar-refractivity contribution is -0.385. The first kappa shape index (κ1) is 28.7. The lowest BCUT2D eigenvalue weighted by Gasteiger charge is -2.50. The highest BCUT2D eigenvalue weighted by molar-refractivity contribution is 7.79. The molecule has 38 heavy (non-hydrogen) atoms. The molecular formula is C21H23N3O13S. The Morgan fingerprint density at radius 2 is 1.74 bits per heavy atom. The number of rotatable bonds is 3. The van der Waals surface area contributed by atoms with Crippen LogP contribution in [0.2, 0.25) is 0 Å². The van der Waals surface area contributed by atoms with E-state index in [0.717, 1.165) is 6.07 Å². The molecule has 0 aliphatic heterocycles. The van der Waals surface area contributed by atoms with Crippen LogP contribution in [0.5, 0.6) is 5.75 Å². The van der Waals surface area contributed by atoms with Crippen LogP contribution in [-0.2, 0) is 31.2 Å². The van der Waals surface area contributed by atoms with Gasteiger partial charge < -0.3 is 26.2 Å². The molecule has 0 spiro atoms. The molecule has 4 rings (SSSR count). The monoisotopic (exact) mass is 557 g/mol. The molecule has 8 N–H and O–H groups in total. The molecule has 0 heterocycles. The minimum atomic E-state index is -4.67. The van der Waals surface area contributed by atoms with Crippen LogP contribution in [0.4, 0.5) is 5.69 Å². The fourth-order valence-corrected chi connectivity index (χ4v) is 5.35. The summed E-state index contributed by atoms with van der Waals surface area (Å²) < 4.78 is 31.6. The van der Waals surface area contributed by atoms with Crippen LogP contribution in [-0.4, -0.2) is 91.0 Å². The maximum Gasteiger partial charge on any atom is 0.394 e. The number of phenolic OH excluding ortho intramolecular Hbond substituents is 1. The summed E-state index contributed by atoms with van der Waals surface area (Å²) in [6.07, 6.45) is 0.0175. The largest absolute Gasteiger partial charge is 0.508 e. The van der Waals surface area contributed by atoms with Crippen LogP contribution >= 0.6 is 0 Å². The van der Waals surface area contributed by atoms with Crippen LogP contribution < -0.4 is 5.73 Å². The number of aliphatic hydroxyl groups is 3. The van der Waals surface area contributed by atoms with Gasteiger partial charge >= 0.3 is 16.1 Å². The lowest BCUT2D eigenvalue weighted by atomic mass is 9.57. The van der Waals surface area contributed by atoms with Crippen LogP contribution in [0.25, 0.3) is 5.76 Å². The van der Waals surface area contributed by atoms with E-state index in [0.29, 0.717) is 5.56 Å². The van der Waals surface area contributed by atoms with Gasteiger partial charge in [0.05, 0.1) is 16.5 Å². The molecule has 1 amide bonds. The number of amides is 1. The minimum Gasteiger partial charge on any atom is -0.508 e. The van der Waals surface area contributed by atoms with Crippen molar-refractivity contribution in [2.75, 3.05) is 14.1 Å². The van der Waals surface area contributed by atoms with E-state index in [1.54, 1.807) is 0 Å². The van der Waals surface area contributed by atoms with Crippen molar-refractivity contribution in [1.29, 1.82) is 0 Å². The maximum atomic E-state index is 13.6. The summed E-state index contributed by atoms with van der Waals surface area (Å²) >= 11 is 0. The van der Waals surface area contributed by atoms with Gasteiger partial charge in [0.25, 0.3) is 5.91 Å². The number of aromatic hydroxyl groups is 1. The highest BCUT2D eigenvalue weighted by Gasteiger charge is 2.64. The lowest BCUT2D eigenvalue weighted by Crippen LogP contribution is -2.65. The fourth-order valence-electron chi connectivity index (χ4n) is 5.35. The quantitative estimate of drug-likeness (QED) is 0.104. The van der Waals surface area contributed by atoms with Gasteiger partial charge in [0.15, 0.2) is 11.4 Å². The summed E-state index contributed by atoms with van der Waals surface area (Å²) in [5, 5.41) is 54.6. The molecule has 3 aliphatic carbocycles. The van der Waals surface area contributed by atoms with E-state index in [1.807, 2.05) is 0 Å². The van der Waals surface area contributed by atoms with Gasteiger partial charge in [-0.3, -0.25) is 38.5 Å².